The summed E-state index contributed by atoms with van der Waals surface area (Å²) < 4.78 is 0. The molecule has 0 saturated heterocycles. The molecule has 0 radical (unpaired) electrons. The smallest absolute Gasteiger partial charge is 0.233 e. The highest BCUT2D eigenvalue weighted by Gasteiger charge is 2.55. The second-order valence-corrected chi connectivity index (χ2v) is 7.21. The first-order chi connectivity index (χ1) is 9.14. The van der Waals surface area contributed by atoms with E-state index in [9.17, 15) is 4.79 Å². The van der Waals surface area contributed by atoms with Crippen molar-refractivity contribution >= 4 is 5.91 Å². The lowest BCUT2D eigenvalue weighted by atomic mass is 9.49. The van der Waals surface area contributed by atoms with Gasteiger partial charge in [-0.1, -0.05) is 0 Å². The summed E-state index contributed by atoms with van der Waals surface area (Å²) in [7, 11) is 0. The monoisotopic (exact) mass is 258 g/mol. The molecule has 1 heterocycles. The number of hydrogen-bond acceptors (Lipinski definition) is 2. The lowest BCUT2D eigenvalue weighted by Gasteiger charge is -2.56. The Morgan fingerprint density at radius 1 is 1.16 bits per heavy atom. The maximum absolute atomic E-state index is 13.0. The number of nitrogens with two attached hydrogens (primary N) is 1. The number of allylic oxidation sites excluding steroid dienone is 2. The Labute approximate surface area is 114 Å². The van der Waals surface area contributed by atoms with Crippen LogP contribution in [0, 0.1) is 23.2 Å². The third-order valence-corrected chi connectivity index (χ3v) is 5.68. The predicted octanol–water partition coefficient (Wildman–Crippen LogP) is 2.40. The Morgan fingerprint density at radius 3 is 2.26 bits per heavy atom. The van der Waals surface area contributed by atoms with Crippen molar-refractivity contribution in [1.82, 2.24) is 4.90 Å². The molecule has 0 unspecified atom stereocenters. The molecule has 4 saturated carbocycles. The molecule has 3 heteroatoms. The fourth-order valence-electron chi connectivity index (χ4n) is 5.39. The number of rotatable bonds is 1. The van der Waals surface area contributed by atoms with Gasteiger partial charge in [0.1, 0.15) is 0 Å². The van der Waals surface area contributed by atoms with E-state index in [1.165, 1.54) is 19.3 Å². The van der Waals surface area contributed by atoms with Crippen LogP contribution >= 0.6 is 0 Å². The van der Waals surface area contributed by atoms with Gasteiger partial charge in [-0.25, -0.2) is 0 Å². The van der Waals surface area contributed by atoms with E-state index < -0.39 is 0 Å². The van der Waals surface area contributed by atoms with Crippen molar-refractivity contribution in [2.45, 2.75) is 38.5 Å². The third kappa shape index (κ3) is 1.74. The molecular weight excluding hydrogens is 236 g/mol. The second-order valence-electron chi connectivity index (χ2n) is 7.21. The molecule has 4 fully saturated rings. The zero-order chi connectivity index (χ0) is 13.0. The zero-order valence-electron chi connectivity index (χ0n) is 11.3. The Morgan fingerprint density at radius 2 is 1.74 bits per heavy atom. The minimum absolute atomic E-state index is 0.0449. The van der Waals surface area contributed by atoms with Crippen molar-refractivity contribution in [3.05, 3.63) is 24.0 Å². The van der Waals surface area contributed by atoms with E-state index in [-0.39, 0.29) is 5.41 Å². The van der Waals surface area contributed by atoms with Crippen molar-refractivity contribution < 1.29 is 4.79 Å². The van der Waals surface area contributed by atoms with Gasteiger partial charge in [-0.3, -0.25) is 4.79 Å². The first-order valence-corrected chi connectivity index (χ1v) is 7.58. The van der Waals surface area contributed by atoms with E-state index in [1.54, 1.807) is 0 Å². The number of carbonyl (C=O) groups is 1. The van der Waals surface area contributed by atoms with Crippen LogP contribution in [0.25, 0.3) is 0 Å². The maximum Gasteiger partial charge on any atom is 0.233 e. The van der Waals surface area contributed by atoms with E-state index in [2.05, 4.69) is 0 Å². The minimum atomic E-state index is -0.0449. The molecule has 2 N–H and O–H groups in total. The standard InChI is InChI=1S/C16H22N2O/c17-14-2-1-3-18(10-14)15(19)16-7-11-4-12(8-16)6-13(5-11)9-16/h1-3,11-13H,4-10,17H2. The van der Waals surface area contributed by atoms with Gasteiger partial charge < -0.3 is 10.6 Å². The topological polar surface area (TPSA) is 46.3 Å². The summed E-state index contributed by atoms with van der Waals surface area (Å²) >= 11 is 0. The summed E-state index contributed by atoms with van der Waals surface area (Å²) in [6, 6.07) is 0. The van der Waals surface area contributed by atoms with Crippen LogP contribution in [0.2, 0.25) is 0 Å². The van der Waals surface area contributed by atoms with Gasteiger partial charge in [0.2, 0.25) is 5.91 Å². The van der Waals surface area contributed by atoms with Gasteiger partial charge in [0, 0.05) is 11.9 Å². The number of amides is 1. The number of hydrogen-bond donors (Lipinski definition) is 1. The fraction of sp³-hybridized carbons (Fsp3) is 0.688. The molecule has 1 aliphatic heterocycles. The van der Waals surface area contributed by atoms with Crippen LogP contribution in [0.15, 0.2) is 24.0 Å². The van der Waals surface area contributed by atoms with Gasteiger partial charge in [0.25, 0.3) is 0 Å². The summed E-state index contributed by atoms with van der Waals surface area (Å²) in [4.78, 5) is 14.9. The minimum Gasteiger partial charge on any atom is -0.401 e. The van der Waals surface area contributed by atoms with Crippen molar-refractivity contribution in [3.8, 4) is 0 Å². The average Bonchev–Trinajstić information content (AvgIpc) is 2.36. The molecule has 102 valence electrons. The second kappa shape index (κ2) is 3.87. The molecular formula is C16H22N2O. The largest absolute Gasteiger partial charge is 0.401 e. The van der Waals surface area contributed by atoms with Crippen LogP contribution in [0.4, 0.5) is 0 Å². The Kier molecular flexibility index (Phi) is 2.36. The molecule has 19 heavy (non-hydrogen) atoms. The van der Waals surface area contributed by atoms with Gasteiger partial charge in [0.15, 0.2) is 0 Å². The van der Waals surface area contributed by atoms with E-state index in [1.807, 2.05) is 23.3 Å². The van der Waals surface area contributed by atoms with Crippen molar-refractivity contribution in [3.63, 3.8) is 0 Å². The van der Waals surface area contributed by atoms with Crippen LogP contribution in [0.3, 0.4) is 0 Å². The summed E-state index contributed by atoms with van der Waals surface area (Å²) in [5.41, 5.74) is 6.62. The molecule has 1 amide bonds. The maximum atomic E-state index is 13.0. The van der Waals surface area contributed by atoms with Crippen LogP contribution in [0.5, 0.6) is 0 Å². The lowest BCUT2D eigenvalue weighted by molar-refractivity contribution is -0.154. The van der Waals surface area contributed by atoms with Gasteiger partial charge in [-0.15, -0.1) is 0 Å². The van der Waals surface area contributed by atoms with Crippen LogP contribution < -0.4 is 5.73 Å². The van der Waals surface area contributed by atoms with E-state index in [4.69, 9.17) is 5.73 Å². The molecule has 0 aromatic heterocycles. The van der Waals surface area contributed by atoms with Crippen molar-refractivity contribution in [2.24, 2.45) is 28.9 Å². The van der Waals surface area contributed by atoms with Crippen molar-refractivity contribution in [2.75, 3.05) is 6.54 Å². The molecule has 5 aliphatic rings. The molecule has 0 atom stereocenters. The summed E-state index contributed by atoms with van der Waals surface area (Å²) in [5.74, 6) is 2.80. The summed E-state index contributed by atoms with van der Waals surface area (Å²) in [6.07, 6.45) is 13.2. The predicted molar refractivity (Wildman–Crippen MR) is 73.7 cm³/mol. The SMILES string of the molecule is NC1=CC=CN(C(=O)C23CC4CC(CC(C4)C2)C3)C1. The highest BCUT2D eigenvalue weighted by molar-refractivity contribution is 5.84. The number of nitrogens with zero attached hydrogens (tertiary/aromatic N) is 1. The molecule has 0 spiro atoms. The van der Waals surface area contributed by atoms with Crippen LogP contribution in [-0.2, 0) is 4.79 Å². The van der Waals surface area contributed by atoms with Crippen LogP contribution in [-0.4, -0.2) is 17.4 Å². The molecule has 3 nitrogen and oxygen atoms in total. The zero-order valence-corrected chi connectivity index (χ0v) is 11.3. The highest BCUT2D eigenvalue weighted by Crippen LogP contribution is 2.60. The summed E-state index contributed by atoms with van der Waals surface area (Å²) in [5, 5.41) is 0. The molecule has 4 bridgehead atoms. The van der Waals surface area contributed by atoms with E-state index >= 15 is 0 Å². The van der Waals surface area contributed by atoms with Crippen molar-refractivity contribution in [1.29, 1.82) is 0 Å². The van der Waals surface area contributed by atoms with Gasteiger partial charge in [0.05, 0.1) is 12.0 Å². The lowest BCUT2D eigenvalue weighted by Crippen LogP contribution is -2.54. The van der Waals surface area contributed by atoms with E-state index in [0.29, 0.717) is 12.5 Å². The fourth-order valence-corrected chi connectivity index (χ4v) is 5.39. The Hall–Kier alpha value is -1.25. The molecule has 5 rings (SSSR count). The normalized spacial score (nSPS) is 43.5. The molecule has 0 aromatic rings. The van der Waals surface area contributed by atoms with Gasteiger partial charge in [-0.05, 0) is 68.4 Å². The Balaban J connectivity index is 1.60. The molecule has 0 aromatic carbocycles. The average molecular weight is 258 g/mol. The first-order valence-electron chi connectivity index (χ1n) is 7.58. The van der Waals surface area contributed by atoms with E-state index in [0.717, 1.165) is 42.7 Å². The number of carbonyl (C=O) groups excluding carboxylic acids is 1. The van der Waals surface area contributed by atoms with Gasteiger partial charge >= 0.3 is 0 Å². The Bertz CT molecular complexity index is 442. The first kappa shape index (κ1) is 11.6. The molecule has 4 aliphatic carbocycles. The highest BCUT2D eigenvalue weighted by atomic mass is 16.2. The van der Waals surface area contributed by atoms with Crippen LogP contribution in [0.1, 0.15) is 38.5 Å². The quantitative estimate of drug-likeness (QED) is 0.785. The summed E-state index contributed by atoms with van der Waals surface area (Å²) in [6.45, 7) is 0.580. The van der Waals surface area contributed by atoms with Gasteiger partial charge in [-0.2, -0.15) is 0 Å². The third-order valence-electron chi connectivity index (χ3n) is 5.68.